The monoisotopic (exact) mass is 569 g/mol. The van der Waals surface area contributed by atoms with Crippen LogP contribution in [0, 0.1) is 5.92 Å². The molecule has 0 bridgehead atoms. The molecule has 3 aliphatic carbocycles. The van der Waals surface area contributed by atoms with Crippen molar-refractivity contribution in [3.05, 3.63) is 131 Å². The Hall–Kier alpha value is -4.76. The van der Waals surface area contributed by atoms with E-state index in [-0.39, 0.29) is 10.8 Å². The molecular formula is C41H35N3. The summed E-state index contributed by atoms with van der Waals surface area (Å²) in [5, 5.41) is 2.53. The van der Waals surface area contributed by atoms with Gasteiger partial charge in [0.1, 0.15) is 0 Å². The van der Waals surface area contributed by atoms with Gasteiger partial charge in [-0.05, 0) is 63.4 Å². The maximum Gasteiger partial charge on any atom is 0.235 e. The van der Waals surface area contributed by atoms with Gasteiger partial charge >= 0.3 is 0 Å². The third kappa shape index (κ3) is 3.22. The minimum atomic E-state index is -0.242. The fourth-order valence-corrected chi connectivity index (χ4v) is 8.21. The summed E-state index contributed by atoms with van der Waals surface area (Å²) in [5.74, 6) is 1.27. The molecule has 1 unspecified atom stereocenters. The maximum atomic E-state index is 5.50. The number of hydrogen-bond acceptors (Lipinski definition) is 2. The molecule has 9 rings (SSSR count). The van der Waals surface area contributed by atoms with E-state index < -0.39 is 0 Å². The summed E-state index contributed by atoms with van der Waals surface area (Å²) >= 11 is 0. The van der Waals surface area contributed by atoms with Crippen molar-refractivity contribution in [2.24, 2.45) is 5.92 Å². The molecule has 0 N–H and O–H groups in total. The van der Waals surface area contributed by atoms with Crippen molar-refractivity contribution in [2.45, 2.75) is 51.9 Å². The van der Waals surface area contributed by atoms with Gasteiger partial charge in [-0.2, -0.15) is 0 Å². The van der Waals surface area contributed by atoms with Crippen LogP contribution in [0.3, 0.4) is 0 Å². The van der Waals surface area contributed by atoms with E-state index in [2.05, 4.69) is 142 Å². The number of aromatic nitrogens is 3. The molecule has 0 fully saturated rings. The number of allylic oxidation sites excluding steroid dienone is 4. The Balaban J connectivity index is 1.40. The van der Waals surface area contributed by atoms with Gasteiger partial charge in [0.15, 0.2) is 0 Å². The van der Waals surface area contributed by atoms with Crippen LogP contribution in [-0.4, -0.2) is 14.5 Å². The number of nitrogens with zero attached hydrogens (tertiary/aromatic N) is 3. The summed E-state index contributed by atoms with van der Waals surface area (Å²) in [6, 6.07) is 31.2. The lowest BCUT2D eigenvalue weighted by atomic mass is 9.82. The first-order chi connectivity index (χ1) is 21.3. The molecular weight excluding hydrogens is 534 g/mol. The highest BCUT2D eigenvalue weighted by Gasteiger charge is 2.41. The molecule has 2 aromatic heterocycles. The Kier molecular flexibility index (Phi) is 5.06. The summed E-state index contributed by atoms with van der Waals surface area (Å²) in [7, 11) is 0. The third-order valence-electron chi connectivity index (χ3n) is 10.5. The van der Waals surface area contributed by atoms with E-state index in [9.17, 15) is 0 Å². The zero-order chi connectivity index (χ0) is 30.0. The number of benzene rings is 4. The lowest BCUT2D eigenvalue weighted by Crippen LogP contribution is -2.19. The average Bonchev–Trinajstić information content (AvgIpc) is 3.58. The van der Waals surface area contributed by atoms with Gasteiger partial charge in [0.05, 0.1) is 22.4 Å². The Morgan fingerprint density at radius 2 is 1.36 bits per heavy atom. The van der Waals surface area contributed by atoms with E-state index in [0.29, 0.717) is 5.92 Å². The normalized spacial score (nSPS) is 18.7. The Bertz CT molecular complexity index is 2270. The second-order valence-corrected chi connectivity index (χ2v) is 13.9. The predicted octanol–water partition coefficient (Wildman–Crippen LogP) is 10.2. The molecule has 0 amide bonds. The molecule has 214 valence electrons. The predicted molar refractivity (Wildman–Crippen MR) is 182 cm³/mol. The van der Waals surface area contributed by atoms with Crippen LogP contribution in [0.5, 0.6) is 0 Å². The van der Waals surface area contributed by atoms with E-state index in [1.807, 2.05) is 0 Å². The summed E-state index contributed by atoms with van der Waals surface area (Å²) in [6.07, 6.45) is 7.97. The fraction of sp³-hybridized carbons (Fsp3) is 0.220. The zero-order valence-corrected chi connectivity index (χ0v) is 25.9. The van der Waals surface area contributed by atoms with Crippen LogP contribution in [0.2, 0.25) is 0 Å². The Labute approximate surface area is 258 Å². The molecule has 4 aromatic carbocycles. The summed E-state index contributed by atoms with van der Waals surface area (Å²) in [6.45, 7) is 11.6. The first-order valence-corrected chi connectivity index (χ1v) is 15.8. The number of hydrogen-bond donors (Lipinski definition) is 0. The van der Waals surface area contributed by atoms with Crippen LogP contribution in [0.1, 0.15) is 69.1 Å². The number of fused-ring (bicyclic) bond motifs is 10. The molecule has 2 heterocycles. The van der Waals surface area contributed by atoms with Crippen molar-refractivity contribution < 1.29 is 0 Å². The molecule has 0 saturated heterocycles. The first kappa shape index (κ1) is 25.7. The van der Waals surface area contributed by atoms with Gasteiger partial charge in [0.2, 0.25) is 5.95 Å². The zero-order valence-electron chi connectivity index (χ0n) is 25.9. The van der Waals surface area contributed by atoms with Crippen LogP contribution < -0.4 is 0 Å². The van der Waals surface area contributed by atoms with Crippen molar-refractivity contribution in [1.82, 2.24) is 14.5 Å². The van der Waals surface area contributed by atoms with Crippen LogP contribution in [-0.2, 0) is 10.8 Å². The van der Waals surface area contributed by atoms with E-state index in [4.69, 9.17) is 9.97 Å². The highest BCUT2D eigenvalue weighted by Crippen LogP contribution is 2.54. The number of para-hydroxylation sites is 1. The topological polar surface area (TPSA) is 30.7 Å². The number of rotatable bonds is 2. The molecule has 0 aliphatic heterocycles. The first-order valence-electron chi connectivity index (χ1n) is 15.8. The van der Waals surface area contributed by atoms with Crippen molar-refractivity contribution >= 4 is 27.4 Å². The van der Waals surface area contributed by atoms with Crippen molar-refractivity contribution in [2.75, 3.05) is 0 Å². The summed E-state index contributed by atoms with van der Waals surface area (Å²) in [5.41, 5.74) is 14.5. The van der Waals surface area contributed by atoms with Crippen LogP contribution >= 0.6 is 0 Å². The van der Waals surface area contributed by atoms with Gasteiger partial charge in [-0.15, -0.1) is 0 Å². The van der Waals surface area contributed by atoms with Crippen molar-refractivity contribution in [3.63, 3.8) is 0 Å². The fourth-order valence-electron chi connectivity index (χ4n) is 8.21. The molecule has 0 saturated carbocycles. The maximum absolute atomic E-state index is 5.50. The van der Waals surface area contributed by atoms with Gasteiger partial charge in [-0.25, -0.2) is 9.97 Å². The van der Waals surface area contributed by atoms with E-state index in [0.717, 1.165) is 34.8 Å². The van der Waals surface area contributed by atoms with Gasteiger partial charge in [0, 0.05) is 27.2 Å². The molecule has 3 heteroatoms. The quantitative estimate of drug-likeness (QED) is 0.208. The second-order valence-electron chi connectivity index (χ2n) is 13.9. The van der Waals surface area contributed by atoms with Crippen LogP contribution in [0.4, 0.5) is 0 Å². The highest BCUT2D eigenvalue weighted by atomic mass is 15.2. The molecule has 3 aliphatic rings. The SMILES string of the molecule is CC1C=CC(c2nc(-n3c4ccccc4c4c5c(ccc43)C(C)(C)c3ccccc3-5)nc3c2-c2ccccc2C3(C)C)=CC1. The van der Waals surface area contributed by atoms with Gasteiger partial charge in [-0.3, -0.25) is 4.57 Å². The van der Waals surface area contributed by atoms with Gasteiger partial charge in [0.25, 0.3) is 0 Å². The van der Waals surface area contributed by atoms with Crippen LogP contribution in [0.25, 0.3) is 55.6 Å². The average molecular weight is 570 g/mol. The molecule has 3 nitrogen and oxygen atoms in total. The minimum Gasteiger partial charge on any atom is -0.278 e. The molecule has 0 spiro atoms. The molecule has 6 aromatic rings. The van der Waals surface area contributed by atoms with Crippen molar-refractivity contribution in [1.29, 1.82) is 0 Å². The Morgan fingerprint density at radius 3 is 2.11 bits per heavy atom. The Morgan fingerprint density at radius 1 is 0.682 bits per heavy atom. The summed E-state index contributed by atoms with van der Waals surface area (Å²) in [4.78, 5) is 11.0. The van der Waals surface area contributed by atoms with E-state index >= 15 is 0 Å². The summed E-state index contributed by atoms with van der Waals surface area (Å²) < 4.78 is 2.32. The van der Waals surface area contributed by atoms with Gasteiger partial charge < -0.3 is 0 Å². The standard InChI is InChI=1S/C41H35N3/c1-24-18-20-25(21-19-24)37-36-27-13-7-10-16-30(27)41(4,5)38(36)43-39(42-37)44-32-17-11-8-14-28(32)35-33(44)23-22-31-34(35)26-12-6-9-15-29(26)40(31,2)3/h6-18,20-24H,19H2,1-5H3. The van der Waals surface area contributed by atoms with Crippen molar-refractivity contribution in [3.8, 4) is 28.2 Å². The lowest BCUT2D eigenvalue weighted by Gasteiger charge is -2.22. The van der Waals surface area contributed by atoms with Gasteiger partial charge in [-0.1, -0.05) is 126 Å². The second kappa shape index (κ2) is 8.66. The molecule has 1 atom stereocenters. The third-order valence-corrected chi connectivity index (χ3v) is 10.5. The smallest absolute Gasteiger partial charge is 0.235 e. The largest absolute Gasteiger partial charge is 0.278 e. The van der Waals surface area contributed by atoms with E-state index in [1.165, 1.54) is 55.3 Å². The molecule has 0 radical (unpaired) electrons. The molecule has 44 heavy (non-hydrogen) atoms. The lowest BCUT2D eigenvalue weighted by molar-refractivity contribution is 0.632. The highest BCUT2D eigenvalue weighted by molar-refractivity contribution is 6.17. The van der Waals surface area contributed by atoms with E-state index in [1.54, 1.807) is 0 Å². The van der Waals surface area contributed by atoms with Crippen LogP contribution in [0.15, 0.2) is 103 Å². The minimum absolute atomic E-state index is 0.0622.